The second kappa shape index (κ2) is 7.78. The molecular weight excluding hydrogens is 366 g/mol. The highest BCUT2D eigenvalue weighted by atomic mass is 32.2. The van der Waals surface area contributed by atoms with E-state index in [1.807, 2.05) is 25.1 Å². The van der Waals surface area contributed by atoms with Gasteiger partial charge in [-0.2, -0.15) is 4.31 Å². The van der Waals surface area contributed by atoms with Gasteiger partial charge in [-0.1, -0.05) is 6.07 Å². The number of benzene rings is 2. The van der Waals surface area contributed by atoms with Crippen LogP contribution in [-0.2, 0) is 10.0 Å². The Labute approximate surface area is 160 Å². The SMILES string of the molecule is COc1ccc(OC)c([C@H]2CCCN2S(=O)(=O)c2cc(C)ccc2OC)c1. The molecule has 0 unspecified atom stereocenters. The Balaban J connectivity index is 2.08. The van der Waals surface area contributed by atoms with Gasteiger partial charge < -0.3 is 14.2 Å². The van der Waals surface area contributed by atoms with Gasteiger partial charge in [0, 0.05) is 12.1 Å². The molecule has 0 radical (unpaired) electrons. The number of hydrogen-bond donors (Lipinski definition) is 0. The minimum atomic E-state index is -3.73. The third-order valence-electron chi connectivity index (χ3n) is 4.91. The van der Waals surface area contributed by atoms with Crippen molar-refractivity contribution in [3.8, 4) is 17.2 Å². The lowest BCUT2D eigenvalue weighted by Crippen LogP contribution is -2.31. The third-order valence-corrected chi connectivity index (χ3v) is 6.83. The molecule has 0 aromatic heterocycles. The first-order valence-corrected chi connectivity index (χ1v) is 10.2. The summed E-state index contributed by atoms with van der Waals surface area (Å²) in [4.78, 5) is 0.193. The van der Waals surface area contributed by atoms with Gasteiger partial charge in [-0.05, 0) is 55.7 Å². The largest absolute Gasteiger partial charge is 0.497 e. The molecule has 0 spiro atoms. The minimum absolute atomic E-state index is 0.193. The first-order valence-electron chi connectivity index (χ1n) is 8.80. The van der Waals surface area contributed by atoms with E-state index in [0.717, 1.165) is 24.0 Å². The number of aryl methyl sites for hydroxylation is 1. The first kappa shape index (κ1) is 19.5. The molecular formula is C20H25NO5S. The molecule has 1 atom stereocenters. The van der Waals surface area contributed by atoms with Crippen LogP contribution in [0.1, 0.15) is 30.0 Å². The molecule has 6 nitrogen and oxygen atoms in total. The van der Waals surface area contributed by atoms with Crippen molar-refractivity contribution in [2.24, 2.45) is 0 Å². The molecule has 0 saturated carbocycles. The normalized spacial score (nSPS) is 17.7. The molecule has 146 valence electrons. The Kier molecular flexibility index (Phi) is 5.62. The Bertz CT molecular complexity index is 926. The number of nitrogens with zero attached hydrogens (tertiary/aromatic N) is 1. The molecule has 0 aliphatic carbocycles. The summed E-state index contributed by atoms with van der Waals surface area (Å²) in [5, 5.41) is 0. The van der Waals surface area contributed by atoms with Gasteiger partial charge in [0.15, 0.2) is 0 Å². The topological polar surface area (TPSA) is 65.1 Å². The van der Waals surface area contributed by atoms with Crippen LogP contribution in [0.25, 0.3) is 0 Å². The van der Waals surface area contributed by atoms with E-state index in [9.17, 15) is 8.42 Å². The van der Waals surface area contributed by atoms with Crippen LogP contribution in [0, 0.1) is 6.92 Å². The zero-order valence-electron chi connectivity index (χ0n) is 16.1. The number of rotatable bonds is 6. The third kappa shape index (κ3) is 3.61. The van der Waals surface area contributed by atoms with Crippen LogP contribution in [0.4, 0.5) is 0 Å². The van der Waals surface area contributed by atoms with Gasteiger partial charge in [0.2, 0.25) is 10.0 Å². The van der Waals surface area contributed by atoms with Gasteiger partial charge in [-0.15, -0.1) is 0 Å². The van der Waals surface area contributed by atoms with Crippen LogP contribution in [0.15, 0.2) is 41.3 Å². The molecule has 1 saturated heterocycles. The minimum Gasteiger partial charge on any atom is -0.497 e. The number of methoxy groups -OCH3 is 3. The number of ether oxygens (including phenoxy) is 3. The quantitative estimate of drug-likeness (QED) is 0.753. The van der Waals surface area contributed by atoms with Crippen molar-refractivity contribution in [2.45, 2.75) is 30.7 Å². The van der Waals surface area contributed by atoms with Gasteiger partial charge in [0.05, 0.1) is 27.4 Å². The molecule has 1 fully saturated rings. The van der Waals surface area contributed by atoms with Crippen molar-refractivity contribution < 1.29 is 22.6 Å². The van der Waals surface area contributed by atoms with E-state index in [0.29, 0.717) is 23.8 Å². The highest BCUT2D eigenvalue weighted by molar-refractivity contribution is 7.89. The Morgan fingerprint density at radius 1 is 0.963 bits per heavy atom. The van der Waals surface area contributed by atoms with E-state index in [2.05, 4.69) is 0 Å². The van der Waals surface area contributed by atoms with Crippen LogP contribution < -0.4 is 14.2 Å². The maximum absolute atomic E-state index is 13.5. The molecule has 0 bridgehead atoms. The highest BCUT2D eigenvalue weighted by Gasteiger charge is 2.39. The summed E-state index contributed by atoms with van der Waals surface area (Å²) < 4.78 is 44.6. The molecule has 0 N–H and O–H groups in total. The summed E-state index contributed by atoms with van der Waals surface area (Å²) in [5.74, 6) is 1.67. The molecule has 1 aliphatic rings. The molecule has 1 aliphatic heterocycles. The molecule has 27 heavy (non-hydrogen) atoms. The summed E-state index contributed by atoms with van der Waals surface area (Å²) >= 11 is 0. The molecule has 2 aromatic carbocycles. The molecule has 3 rings (SSSR count). The van der Waals surface area contributed by atoms with Crippen molar-refractivity contribution in [3.05, 3.63) is 47.5 Å². The van der Waals surface area contributed by atoms with E-state index < -0.39 is 10.0 Å². The molecule has 2 aromatic rings. The fourth-order valence-corrected chi connectivity index (χ4v) is 5.47. The Morgan fingerprint density at radius 3 is 2.33 bits per heavy atom. The zero-order valence-corrected chi connectivity index (χ0v) is 16.9. The van der Waals surface area contributed by atoms with Crippen LogP contribution in [-0.4, -0.2) is 40.6 Å². The summed E-state index contributed by atoms with van der Waals surface area (Å²) in [5.41, 5.74) is 1.67. The lowest BCUT2D eigenvalue weighted by molar-refractivity contribution is 0.358. The maximum atomic E-state index is 13.5. The zero-order chi connectivity index (χ0) is 19.6. The standard InChI is InChI=1S/C20H25NO5S/c1-14-7-9-19(26-4)20(12-14)27(22,23)21-11-5-6-17(21)16-13-15(24-2)8-10-18(16)25-3/h7-10,12-13,17H,5-6,11H2,1-4H3/t17-/m1/s1. The van der Waals surface area contributed by atoms with Crippen LogP contribution >= 0.6 is 0 Å². The van der Waals surface area contributed by atoms with Gasteiger partial charge in [-0.3, -0.25) is 0 Å². The van der Waals surface area contributed by atoms with E-state index in [1.165, 1.54) is 7.11 Å². The number of hydrogen-bond acceptors (Lipinski definition) is 5. The van der Waals surface area contributed by atoms with Crippen LogP contribution in [0.3, 0.4) is 0 Å². The van der Waals surface area contributed by atoms with Crippen molar-refractivity contribution in [3.63, 3.8) is 0 Å². The monoisotopic (exact) mass is 391 g/mol. The van der Waals surface area contributed by atoms with Crippen LogP contribution in [0.5, 0.6) is 17.2 Å². The predicted molar refractivity (Wildman–Crippen MR) is 103 cm³/mol. The van der Waals surface area contributed by atoms with Crippen molar-refractivity contribution >= 4 is 10.0 Å². The molecule has 1 heterocycles. The maximum Gasteiger partial charge on any atom is 0.247 e. The first-order chi connectivity index (χ1) is 12.9. The summed E-state index contributed by atoms with van der Waals surface area (Å²) in [6, 6.07) is 10.3. The van der Waals surface area contributed by atoms with E-state index in [1.54, 1.807) is 36.7 Å². The van der Waals surface area contributed by atoms with Crippen molar-refractivity contribution in [1.82, 2.24) is 4.31 Å². The van der Waals surface area contributed by atoms with Crippen molar-refractivity contribution in [1.29, 1.82) is 0 Å². The summed E-state index contributed by atoms with van der Waals surface area (Å²) in [7, 11) is 0.924. The molecule has 0 amide bonds. The lowest BCUT2D eigenvalue weighted by Gasteiger charge is -2.26. The lowest BCUT2D eigenvalue weighted by atomic mass is 10.0. The predicted octanol–water partition coefficient (Wildman–Crippen LogP) is 3.55. The Morgan fingerprint density at radius 2 is 1.67 bits per heavy atom. The average molecular weight is 391 g/mol. The summed E-state index contributed by atoms with van der Waals surface area (Å²) in [6.45, 7) is 2.31. The van der Waals surface area contributed by atoms with Gasteiger partial charge >= 0.3 is 0 Å². The Hall–Kier alpha value is -2.25. The van der Waals surface area contributed by atoms with E-state index in [-0.39, 0.29) is 10.9 Å². The van der Waals surface area contributed by atoms with Crippen molar-refractivity contribution in [2.75, 3.05) is 27.9 Å². The second-order valence-corrected chi connectivity index (χ2v) is 8.39. The average Bonchev–Trinajstić information content (AvgIpc) is 3.18. The number of sulfonamides is 1. The van der Waals surface area contributed by atoms with Gasteiger partial charge in [0.1, 0.15) is 22.1 Å². The van der Waals surface area contributed by atoms with E-state index in [4.69, 9.17) is 14.2 Å². The second-order valence-electron chi connectivity index (χ2n) is 6.54. The van der Waals surface area contributed by atoms with Crippen LogP contribution in [0.2, 0.25) is 0 Å². The fourth-order valence-electron chi connectivity index (χ4n) is 3.55. The smallest absolute Gasteiger partial charge is 0.247 e. The van der Waals surface area contributed by atoms with Gasteiger partial charge in [0.25, 0.3) is 0 Å². The molecule has 7 heteroatoms. The fraction of sp³-hybridized carbons (Fsp3) is 0.400. The van der Waals surface area contributed by atoms with Gasteiger partial charge in [-0.25, -0.2) is 8.42 Å². The summed E-state index contributed by atoms with van der Waals surface area (Å²) in [6.07, 6.45) is 1.50. The van der Waals surface area contributed by atoms with E-state index >= 15 is 0 Å². The highest BCUT2D eigenvalue weighted by Crippen LogP contribution is 2.42.